The number of anilines is 1. The number of nitrogens with zero attached hydrogens (tertiary/aromatic N) is 5. The van der Waals surface area contributed by atoms with Crippen LogP contribution < -0.4 is 10.5 Å². The molecule has 0 amide bonds. The van der Waals surface area contributed by atoms with Gasteiger partial charge in [0.05, 0.1) is 12.2 Å². The Labute approximate surface area is 152 Å². The lowest BCUT2D eigenvalue weighted by Crippen LogP contribution is -2.47. The molecular formula is C17H27N5O2S. The Bertz CT molecular complexity index is 764. The maximum atomic E-state index is 12.2. The van der Waals surface area contributed by atoms with Gasteiger partial charge < -0.3 is 9.64 Å². The summed E-state index contributed by atoms with van der Waals surface area (Å²) in [6, 6.07) is 1.59. The Morgan fingerprint density at radius 2 is 2.08 bits per heavy atom. The lowest BCUT2D eigenvalue weighted by Gasteiger charge is -2.36. The molecule has 0 radical (unpaired) electrons. The topological polar surface area (TPSA) is 63.0 Å². The Balaban J connectivity index is 1.68. The maximum Gasteiger partial charge on any atom is 0.275 e. The van der Waals surface area contributed by atoms with Crippen molar-refractivity contribution in [3.8, 4) is 0 Å². The minimum atomic E-state index is -0.0971. The van der Waals surface area contributed by atoms with Crippen molar-refractivity contribution in [2.24, 2.45) is 0 Å². The predicted molar refractivity (Wildman–Crippen MR) is 101 cm³/mol. The maximum absolute atomic E-state index is 12.2. The molecule has 0 bridgehead atoms. The molecule has 2 aromatic rings. The first-order valence-electron chi connectivity index (χ1n) is 8.95. The molecule has 8 heteroatoms. The normalized spacial score (nSPS) is 21.8. The van der Waals surface area contributed by atoms with Crippen LogP contribution in [0.5, 0.6) is 0 Å². The van der Waals surface area contributed by atoms with Crippen LogP contribution >= 0.6 is 11.3 Å². The lowest BCUT2D eigenvalue weighted by molar-refractivity contribution is -0.0670. The van der Waals surface area contributed by atoms with Crippen molar-refractivity contribution in [2.75, 3.05) is 38.1 Å². The Hall–Kier alpha value is -1.51. The largest absolute Gasteiger partial charge is 0.373 e. The summed E-state index contributed by atoms with van der Waals surface area (Å²) in [5.41, 5.74) is 0.752. The quantitative estimate of drug-likeness (QED) is 0.776. The first-order valence-corrected chi connectivity index (χ1v) is 9.76. The van der Waals surface area contributed by atoms with Gasteiger partial charge >= 0.3 is 0 Å². The van der Waals surface area contributed by atoms with E-state index in [4.69, 9.17) is 4.74 Å². The van der Waals surface area contributed by atoms with E-state index in [0.29, 0.717) is 4.96 Å². The van der Waals surface area contributed by atoms with E-state index >= 15 is 0 Å². The van der Waals surface area contributed by atoms with Crippen LogP contribution in [0.3, 0.4) is 0 Å². The summed E-state index contributed by atoms with van der Waals surface area (Å²) in [5, 5.41) is 5.28. The summed E-state index contributed by atoms with van der Waals surface area (Å²) >= 11 is 1.47. The minimum absolute atomic E-state index is 0.0971. The average Bonchev–Trinajstić information content (AvgIpc) is 2.97. The number of rotatable bonds is 6. The molecule has 25 heavy (non-hydrogen) atoms. The monoisotopic (exact) mass is 365 g/mol. The Kier molecular flexibility index (Phi) is 5.71. The first kappa shape index (κ1) is 18.3. The van der Waals surface area contributed by atoms with Gasteiger partial charge in [-0.2, -0.15) is 4.52 Å². The second kappa shape index (κ2) is 7.80. The summed E-state index contributed by atoms with van der Waals surface area (Å²) in [6.45, 7) is 10.0. The van der Waals surface area contributed by atoms with Gasteiger partial charge in [0.2, 0.25) is 10.1 Å². The average molecular weight is 366 g/mol. The molecule has 0 N–H and O–H groups in total. The zero-order chi connectivity index (χ0) is 18.0. The highest BCUT2D eigenvalue weighted by Crippen LogP contribution is 2.20. The summed E-state index contributed by atoms with van der Waals surface area (Å²) in [5.74, 6) is 0. The number of hydrogen-bond acceptors (Lipinski definition) is 7. The minimum Gasteiger partial charge on any atom is -0.373 e. The fourth-order valence-electron chi connectivity index (χ4n) is 3.24. The molecule has 2 aromatic heterocycles. The van der Waals surface area contributed by atoms with Crippen molar-refractivity contribution in [1.82, 2.24) is 19.5 Å². The standard InChI is InChI=1S/C17H27N5O2S/c1-5-6-14-9-15(23)22-16(18-14)25-17(19-22)20(4)7-8-21-10-12(2)24-13(3)11-21/h9,12-13H,5-8,10-11H2,1-4H3/t12-,13+. The van der Waals surface area contributed by atoms with Crippen LogP contribution in [-0.4, -0.2) is 64.9 Å². The second-order valence-corrected chi connectivity index (χ2v) is 7.79. The molecule has 1 aliphatic heterocycles. The van der Waals surface area contributed by atoms with E-state index in [1.54, 1.807) is 6.07 Å². The van der Waals surface area contributed by atoms with Gasteiger partial charge in [-0.25, -0.2) is 4.98 Å². The smallest absolute Gasteiger partial charge is 0.275 e. The van der Waals surface area contributed by atoms with Crippen molar-refractivity contribution in [1.29, 1.82) is 0 Å². The van der Waals surface area contributed by atoms with Crippen LogP contribution in [-0.2, 0) is 11.2 Å². The van der Waals surface area contributed by atoms with E-state index in [2.05, 4.69) is 40.7 Å². The number of fused-ring (bicyclic) bond motifs is 1. The molecule has 1 fully saturated rings. The third-order valence-corrected chi connectivity index (χ3v) is 5.39. The van der Waals surface area contributed by atoms with Crippen molar-refractivity contribution in [2.45, 2.75) is 45.8 Å². The molecule has 3 rings (SSSR count). The van der Waals surface area contributed by atoms with Crippen molar-refractivity contribution < 1.29 is 4.74 Å². The molecule has 0 aromatic carbocycles. The number of ether oxygens (including phenoxy) is 1. The van der Waals surface area contributed by atoms with Gasteiger partial charge in [0.15, 0.2) is 0 Å². The van der Waals surface area contributed by atoms with Gasteiger partial charge in [-0.1, -0.05) is 24.7 Å². The van der Waals surface area contributed by atoms with Gasteiger partial charge in [-0.05, 0) is 20.3 Å². The summed E-state index contributed by atoms with van der Waals surface area (Å²) in [4.78, 5) is 22.0. The molecule has 1 saturated heterocycles. The molecule has 7 nitrogen and oxygen atoms in total. The molecule has 2 atom stereocenters. The molecule has 138 valence electrons. The number of likely N-dealkylation sites (N-methyl/N-ethyl adjacent to an activating group) is 1. The van der Waals surface area contributed by atoms with Gasteiger partial charge in [-0.3, -0.25) is 9.69 Å². The van der Waals surface area contributed by atoms with Crippen LogP contribution in [0.25, 0.3) is 4.96 Å². The number of morpholine rings is 1. The molecule has 0 saturated carbocycles. The Morgan fingerprint density at radius 3 is 2.76 bits per heavy atom. The highest BCUT2D eigenvalue weighted by atomic mass is 32.1. The Morgan fingerprint density at radius 1 is 1.36 bits per heavy atom. The van der Waals surface area contributed by atoms with Gasteiger partial charge in [0.1, 0.15) is 0 Å². The van der Waals surface area contributed by atoms with E-state index in [9.17, 15) is 4.79 Å². The van der Waals surface area contributed by atoms with Gasteiger partial charge in [0.25, 0.3) is 5.56 Å². The molecule has 0 spiro atoms. The highest BCUT2D eigenvalue weighted by Gasteiger charge is 2.22. The first-order chi connectivity index (χ1) is 12.0. The summed E-state index contributed by atoms with van der Waals surface area (Å²) < 4.78 is 7.19. The zero-order valence-corrected chi connectivity index (χ0v) is 16.3. The fourth-order valence-corrected chi connectivity index (χ4v) is 4.15. The summed E-state index contributed by atoms with van der Waals surface area (Å²) in [7, 11) is 2.02. The number of aromatic nitrogens is 3. The van der Waals surface area contributed by atoms with Crippen LogP contribution in [0, 0.1) is 0 Å². The van der Waals surface area contributed by atoms with Gasteiger partial charge in [0, 0.05) is 45.0 Å². The predicted octanol–water partition coefficient (Wildman–Crippen LogP) is 1.65. The van der Waals surface area contributed by atoms with Crippen LogP contribution in [0.1, 0.15) is 32.9 Å². The molecular weight excluding hydrogens is 338 g/mol. The number of hydrogen-bond donors (Lipinski definition) is 0. The molecule has 0 aliphatic carbocycles. The lowest BCUT2D eigenvalue weighted by atomic mass is 10.2. The van der Waals surface area contributed by atoms with E-state index in [1.165, 1.54) is 15.9 Å². The van der Waals surface area contributed by atoms with E-state index in [0.717, 1.165) is 49.8 Å². The zero-order valence-electron chi connectivity index (χ0n) is 15.4. The molecule has 0 unspecified atom stereocenters. The van der Waals surface area contributed by atoms with Crippen LogP contribution in [0.4, 0.5) is 5.13 Å². The van der Waals surface area contributed by atoms with E-state index in [1.807, 2.05) is 7.05 Å². The van der Waals surface area contributed by atoms with Crippen molar-refractivity contribution in [3.05, 3.63) is 22.1 Å². The third kappa shape index (κ3) is 4.37. The molecule has 3 heterocycles. The number of aryl methyl sites for hydroxylation is 1. The summed E-state index contributed by atoms with van der Waals surface area (Å²) in [6.07, 6.45) is 2.35. The van der Waals surface area contributed by atoms with Crippen LogP contribution in [0.2, 0.25) is 0 Å². The fraction of sp³-hybridized carbons (Fsp3) is 0.706. The van der Waals surface area contributed by atoms with Crippen molar-refractivity contribution in [3.63, 3.8) is 0 Å². The van der Waals surface area contributed by atoms with Crippen LogP contribution in [0.15, 0.2) is 10.9 Å². The van der Waals surface area contributed by atoms with Gasteiger partial charge in [-0.15, -0.1) is 5.10 Å². The SMILES string of the molecule is CCCc1cc(=O)n2nc(N(C)CCN3C[C@@H](C)O[C@@H](C)C3)sc2n1. The third-order valence-electron chi connectivity index (χ3n) is 4.37. The van der Waals surface area contributed by atoms with E-state index in [-0.39, 0.29) is 17.8 Å². The van der Waals surface area contributed by atoms with Crippen molar-refractivity contribution >= 4 is 21.4 Å². The highest BCUT2D eigenvalue weighted by molar-refractivity contribution is 7.20. The van der Waals surface area contributed by atoms with E-state index < -0.39 is 0 Å². The molecule has 1 aliphatic rings. The second-order valence-electron chi connectivity index (χ2n) is 6.85.